The highest BCUT2D eigenvalue weighted by atomic mass is 35.5. The average molecular weight is 550 g/mol. The summed E-state index contributed by atoms with van der Waals surface area (Å²) in [6.07, 6.45) is -1.17. The standard InChI is InChI=1S/C25H25Cl2N3O5S/c1-24(2,16-7-9-17(26)10-8-16)22(31)30-14-18(36(33,34)20-6-4-3-5-19(20)27)13-21(30)35-23(32)29-25(15-28)11-12-25/h3-10,18,21H,11-14H2,1-2H3,(H,29,32)/t18-,21+/m1/s1. The van der Waals surface area contributed by atoms with Crippen molar-refractivity contribution in [2.45, 2.75) is 60.4 Å². The molecular formula is C25H25Cl2N3O5S. The van der Waals surface area contributed by atoms with Gasteiger partial charge in [0.05, 0.1) is 26.7 Å². The van der Waals surface area contributed by atoms with E-state index >= 15 is 0 Å². The molecule has 11 heteroatoms. The van der Waals surface area contributed by atoms with E-state index in [2.05, 4.69) is 5.32 Å². The van der Waals surface area contributed by atoms with Crippen LogP contribution in [0.15, 0.2) is 53.4 Å². The molecule has 1 saturated heterocycles. The average Bonchev–Trinajstić information content (AvgIpc) is 3.47. The Balaban J connectivity index is 1.64. The minimum Gasteiger partial charge on any atom is -0.425 e. The number of alkyl carbamates (subject to hydrolysis) is 1. The molecule has 0 radical (unpaired) electrons. The number of hydrogen-bond donors (Lipinski definition) is 1. The topological polar surface area (TPSA) is 117 Å². The number of carbonyl (C=O) groups excluding carboxylic acids is 2. The van der Waals surface area contributed by atoms with Gasteiger partial charge in [-0.3, -0.25) is 4.79 Å². The molecule has 2 aromatic carbocycles. The summed E-state index contributed by atoms with van der Waals surface area (Å²) in [6.45, 7) is 3.23. The molecule has 36 heavy (non-hydrogen) atoms. The fraction of sp³-hybridized carbons (Fsp3) is 0.400. The van der Waals surface area contributed by atoms with Gasteiger partial charge in [-0.25, -0.2) is 13.2 Å². The van der Waals surface area contributed by atoms with Gasteiger partial charge in [0.1, 0.15) is 5.54 Å². The molecular weight excluding hydrogens is 525 g/mol. The molecule has 1 aliphatic carbocycles. The van der Waals surface area contributed by atoms with Crippen molar-refractivity contribution in [2.75, 3.05) is 6.54 Å². The molecule has 4 rings (SSSR count). The molecule has 0 unspecified atom stereocenters. The zero-order chi connectivity index (χ0) is 26.3. The van der Waals surface area contributed by atoms with Crippen LogP contribution in [0.5, 0.6) is 0 Å². The number of benzene rings is 2. The van der Waals surface area contributed by atoms with E-state index in [9.17, 15) is 23.3 Å². The van der Waals surface area contributed by atoms with Gasteiger partial charge in [0.25, 0.3) is 0 Å². The Morgan fingerprint density at radius 1 is 1.14 bits per heavy atom. The van der Waals surface area contributed by atoms with Gasteiger partial charge in [-0.1, -0.05) is 47.5 Å². The Labute approximate surface area is 220 Å². The summed E-state index contributed by atoms with van der Waals surface area (Å²) in [6, 6.07) is 14.9. The molecule has 8 nitrogen and oxygen atoms in total. The molecule has 2 amide bonds. The Morgan fingerprint density at radius 3 is 2.36 bits per heavy atom. The number of hydrogen-bond acceptors (Lipinski definition) is 6. The summed E-state index contributed by atoms with van der Waals surface area (Å²) in [4.78, 5) is 27.6. The van der Waals surface area contributed by atoms with Gasteiger partial charge in [-0.05, 0) is 56.5 Å². The zero-order valence-electron chi connectivity index (χ0n) is 19.7. The molecule has 0 bridgehead atoms. The first-order chi connectivity index (χ1) is 16.9. The second-order valence-electron chi connectivity index (χ2n) is 9.60. The predicted octanol–water partition coefficient (Wildman–Crippen LogP) is 4.45. The monoisotopic (exact) mass is 549 g/mol. The summed E-state index contributed by atoms with van der Waals surface area (Å²) in [5.41, 5.74) is -1.38. The third-order valence-corrected chi connectivity index (χ3v) is 9.59. The first-order valence-corrected chi connectivity index (χ1v) is 13.7. The Morgan fingerprint density at radius 2 is 1.78 bits per heavy atom. The zero-order valence-corrected chi connectivity index (χ0v) is 22.0. The van der Waals surface area contributed by atoms with Crippen molar-refractivity contribution in [3.8, 4) is 6.07 Å². The Hall–Kier alpha value is -2.80. The van der Waals surface area contributed by atoms with Crippen LogP contribution in [0.4, 0.5) is 4.79 Å². The molecule has 190 valence electrons. The number of nitrogens with one attached hydrogen (secondary N) is 1. The number of rotatable bonds is 6. The maximum Gasteiger partial charge on any atom is 0.410 e. The van der Waals surface area contributed by atoms with Crippen LogP contribution >= 0.6 is 23.2 Å². The molecule has 1 saturated carbocycles. The lowest BCUT2D eigenvalue weighted by Gasteiger charge is -2.33. The number of nitrogens with zero attached hydrogens (tertiary/aromatic N) is 2. The molecule has 2 aliphatic rings. The van der Waals surface area contributed by atoms with Crippen molar-refractivity contribution in [1.29, 1.82) is 5.26 Å². The van der Waals surface area contributed by atoms with E-state index in [0.717, 1.165) is 0 Å². The largest absolute Gasteiger partial charge is 0.425 e. The first kappa shape index (κ1) is 26.3. The molecule has 1 aliphatic heterocycles. The van der Waals surface area contributed by atoms with E-state index in [1.165, 1.54) is 17.0 Å². The lowest BCUT2D eigenvalue weighted by Crippen LogP contribution is -2.49. The molecule has 1 heterocycles. The summed E-state index contributed by atoms with van der Waals surface area (Å²) in [5.74, 6) is -0.416. The van der Waals surface area contributed by atoms with Crippen LogP contribution in [-0.2, 0) is 24.8 Å². The third kappa shape index (κ3) is 5.03. The minimum absolute atomic E-state index is 0.0486. The van der Waals surface area contributed by atoms with E-state index in [-0.39, 0.29) is 22.9 Å². The molecule has 2 fully saturated rings. The second kappa shape index (κ2) is 9.58. The number of sulfone groups is 1. The summed E-state index contributed by atoms with van der Waals surface area (Å²) < 4.78 is 32.5. The fourth-order valence-corrected chi connectivity index (χ4v) is 6.58. The van der Waals surface area contributed by atoms with Crippen LogP contribution in [0, 0.1) is 11.3 Å². The van der Waals surface area contributed by atoms with Gasteiger partial charge >= 0.3 is 6.09 Å². The summed E-state index contributed by atoms with van der Waals surface area (Å²) in [5, 5.41) is 11.3. The molecule has 2 atom stereocenters. The van der Waals surface area contributed by atoms with Gasteiger partial charge in [0.2, 0.25) is 5.91 Å². The highest BCUT2D eigenvalue weighted by Crippen LogP contribution is 2.37. The lowest BCUT2D eigenvalue weighted by atomic mass is 9.83. The highest BCUT2D eigenvalue weighted by Gasteiger charge is 2.50. The Bertz CT molecular complexity index is 1330. The normalized spacial score (nSPS) is 20.9. The van der Waals surface area contributed by atoms with Gasteiger partial charge < -0.3 is 15.0 Å². The van der Waals surface area contributed by atoms with Gasteiger partial charge in [-0.2, -0.15) is 5.26 Å². The van der Waals surface area contributed by atoms with E-state index < -0.39 is 44.3 Å². The molecule has 1 N–H and O–H groups in total. The van der Waals surface area contributed by atoms with E-state index in [1.807, 2.05) is 6.07 Å². The van der Waals surface area contributed by atoms with E-state index in [4.69, 9.17) is 27.9 Å². The van der Waals surface area contributed by atoms with Crippen molar-refractivity contribution in [1.82, 2.24) is 10.2 Å². The summed E-state index contributed by atoms with van der Waals surface area (Å²) >= 11 is 12.2. The second-order valence-corrected chi connectivity index (χ2v) is 12.6. The van der Waals surface area contributed by atoms with Crippen LogP contribution in [0.3, 0.4) is 0 Å². The van der Waals surface area contributed by atoms with Crippen LogP contribution in [0.2, 0.25) is 10.0 Å². The smallest absolute Gasteiger partial charge is 0.410 e. The molecule has 0 spiro atoms. The number of likely N-dealkylation sites (tertiary alicyclic amines) is 1. The lowest BCUT2D eigenvalue weighted by molar-refractivity contribution is -0.143. The van der Waals surface area contributed by atoms with Crippen LogP contribution in [0.25, 0.3) is 0 Å². The first-order valence-electron chi connectivity index (χ1n) is 11.4. The van der Waals surface area contributed by atoms with Crippen LogP contribution < -0.4 is 5.32 Å². The van der Waals surface area contributed by atoms with Gasteiger partial charge in [0.15, 0.2) is 16.1 Å². The number of nitriles is 1. The van der Waals surface area contributed by atoms with Crippen LogP contribution in [0.1, 0.15) is 38.7 Å². The van der Waals surface area contributed by atoms with Crippen molar-refractivity contribution in [2.24, 2.45) is 0 Å². The third-order valence-electron chi connectivity index (χ3n) is 6.70. The van der Waals surface area contributed by atoms with Gasteiger partial charge in [0, 0.05) is 18.0 Å². The van der Waals surface area contributed by atoms with Crippen molar-refractivity contribution >= 4 is 45.0 Å². The maximum atomic E-state index is 13.8. The number of carbonyl (C=O) groups is 2. The maximum absolute atomic E-state index is 13.8. The predicted molar refractivity (Wildman–Crippen MR) is 134 cm³/mol. The highest BCUT2D eigenvalue weighted by molar-refractivity contribution is 7.92. The van der Waals surface area contributed by atoms with Crippen molar-refractivity contribution < 1.29 is 22.7 Å². The van der Waals surface area contributed by atoms with Crippen molar-refractivity contribution in [3.63, 3.8) is 0 Å². The van der Waals surface area contributed by atoms with Crippen LogP contribution in [-0.4, -0.2) is 48.9 Å². The van der Waals surface area contributed by atoms with Crippen molar-refractivity contribution in [3.05, 3.63) is 64.1 Å². The van der Waals surface area contributed by atoms with E-state index in [0.29, 0.717) is 23.4 Å². The Kier molecular flexibility index (Phi) is 6.99. The number of amides is 2. The quantitative estimate of drug-likeness (QED) is 0.568. The molecule has 2 aromatic rings. The van der Waals surface area contributed by atoms with E-state index in [1.54, 1.807) is 50.2 Å². The minimum atomic E-state index is -3.96. The molecule has 0 aromatic heterocycles. The number of ether oxygens (including phenoxy) is 1. The fourth-order valence-electron chi connectivity index (χ4n) is 4.26. The van der Waals surface area contributed by atoms with Gasteiger partial charge in [-0.15, -0.1) is 0 Å². The summed E-state index contributed by atoms with van der Waals surface area (Å²) in [7, 11) is -3.96. The SMILES string of the molecule is CC(C)(C(=O)N1C[C@H](S(=O)(=O)c2ccccc2Cl)C[C@@H]1OC(=O)NC1(C#N)CC1)c1ccc(Cl)cc1. The number of halogens is 2.